The fourth-order valence-corrected chi connectivity index (χ4v) is 4.53. The van der Waals surface area contributed by atoms with E-state index in [9.17, 15) is 9.59 Å². The Labute approximate surface area is 146 Å². The molecule has 5 nitrogen and oxygen atoms in total. The second-order valence-corrected chi connectivity index (χ2v) is 7.48. The molecular formula is C18H23N3O2S. The molecule has 3 rings (SSSR count). The number of likely N-dealkylation sites (N-methyl/N-ethyl adjacent to an activating group) is 1. The number of thiophene rings is 1. The molecule has 1 aromatic heterocycles. The highest BCUT2D eigenvalue weighted by Gasteiger charge is 2.31. The molecule has 1 aromatic carbocycles. The number of nitrogens with zero attached hydrogens (tertiary/aromatic N) is 2. The number of benzene rings is 1. The molecule has 1 saturated heterocycles. The quantitative estimate of drug-likeness (QED) is 0.924. The number of amides is 2. The highest BCUT2D eigenvalue weighted by Crippen LogP contribution is 2.40. The average molecular weight is 345 g/mol. The predicted octanol–water partition coefficient (Wildman–Crippen LogP) is 2.14. The van der Waals surface area contributed by atoms with Gasteiger partial charge >= 0.3 is 0 Å². The number of likely N-dealkylation sites (tertiary alicyclic amines) is 1. The molecule has 2 aromatic rings. The van der Waals surface area contributed by atoms with Gasteiger partial charge in [0.2, 0.25) is 5.91 Å². The lowest BCUT2D eigenvalue weighted by atomic mass is 9.95. The van der Waals surface area contributed by atoms with E-state index in [2.05, 4.69) is 22.3 Å². The Morgan fingerprint density at radius 3 is 2.79 bits per heavy atom. The number of rotatable bonds is 4. The van der Waals surface area contributed by atoms with Crippen molar-refractivity contribution in [1.82, 2.24) is 15.1 Å². The van der Waals surface area contributed by atoms with Crippen LogP contribution in [-0.2, 0) is 4.79 Å². The van der Waals surface area contributed by atoms with Crippen LogP contribution in [0.15, 0.2) is 24.3 Å². The van der Waals surface area contributed by atoms with Crippen molar-refractivity contribution in [2.75, 3.05) is 40.8 Å². The molecule has 1 unspecified atom stereocenters. The van der Waals surface area contributed by atoms with Crippen molar-refractivity contribution in [2.45, 2.75) is 12.3 Å². The summed E-state index contributed by atoms with van der Waals surface area (Å²) in [5.74, 6) is 0.398. The zero-order valence-corrected chi connectivity index (χ0v) is 15.2. The Balaban J connectivity index is 1.89. The molecule has 1 aliphatic heterocycles. The van der Waals surface area contributed by atoms with Gasteiger partial charge in [-0.1, -0.05) is 18.2 Å². The van der Waals surface area contributed by atoms with Crippen molar-refractivity contribution >= 4 is 33.2 Å². The number of fused-ring (bicyclic) bond motifs is 1. The highest BCUT2D eigenvalue weighted by atomic mass is 32.1. The third kappa shape index (κ3) is 3.16. The summed E-state index contributed by atoms with van der Waals surface area (Å²) in [7, 11) is 5.24. The lowest BCUT2D eigenvalue weighted by Gasteiger charge is -2.18. The Morgan fingerprint density at radius 2 is 2.08 bits per heavy atom. The summed E-state index contributed by atoms with van der Waals surface area (Å²) in [4.78, 5) is 28.9. The maximum absolute atomic E-state index is 12.3. The second-order valence-electron chi connectivity index (χ2n) is 6.43. The van der Waals surface area contributed by atoms with Crippen molar-refractivity contribution in [1.29, 1.82) is 0 Å². The van der Waals surface area contributed by atoms with E-state index in [0.29, 0.717) is 12.5 Å². The van der Waals surface area contributed by atoms with Gasteiger partial charge in [-0.2, -0.15) is 0 Å². The van der Waals surface area contributed by atoms with Crippen LogP contribution in [0.4, 0.5) is 0 Å². The standard InChI is InChI=1S/C18H23N3O2S/c1-19-18(23)17-16(13-6-4-5-7-14(13)24-17)12-8-9-21(10-12)11-15(22)20(2)3/h4-7,12H,8-11H2,1-3H3,(H,19,23). The minimum absolute atomic E-state index is 0.0194. The zero-order valence-electron chi connectivity index (χ0n) is 14.3. The van der Waals surface area contributed by atoms with E-state index in [4.69, 9.17) is 0 Å². The van der Waals surface area contributed by atoms with Gasteiger partial charge in [-0.25, -0.2) is 0 Å². The highest BCUT2D eigenvalue weighted by molar-refractivity contribution is 7.21. The molecular weight excluding hydrogens is 322 g/mol. The normalized spacial score (nSPS) is 18.0. The average Bonchev–Trinajstić information content (AvgIpc) is 3.17. The van der Waals surface area contributed by atoms with Crippen LogP contribution in [-0.4, -0.2) is 62.4 Å². The van der Waals surface area contributed by atoms with Crippen LogP contribution in [0.3, 0.4) is 0 Å². The van der Waals surface area contributed by atoms with Crippen molar-refractivity contribution in [3.05, 3.63) is 34.7 Å². The van der Waals surface area contributed by atoms with E-state index < -0.39 is 0 Å². The summed E-state index contributed by atoms with van der Waals surface area (Å²) in [6.07, 6.45) is 0.978. The third-order valence-electron chi connectivity index (χ3n) is 4.61. The van der Waals surface area contributed by atoms with E-state index >= 15 is 0 Å². The molecule has 24 heavy (non-hydrogen) atoms. The zero-order chi connectivity index (χ0) is 17.3. The number of carbonyl (C=O) groups excluding carboxylic acids is 2. The predicted molar refractivity (Wildman–Crippen MR) is 97.7 cm³/mol. The largest absolute Gasteiger partial charge is 0.354 e. The Hall–Kier alpha value is -1.92. The molecule has 2 amide bonds. The van der Waals surface area contributed by atoms with Gasteiger partial charge in [0.1, 0.15) is 0 Å². The van der Waals surface area contributed by atoms with E-state index in [-0.39, 0.29) is 11.8 Å². The summed E-state index contributed by atoms with van der Waals surface area (Å²) in [5, 5.41) is 3.93. The summed E-state index contributed by atoms with van der Waals surface area (Å²) < 4.78 is 1.15. The van der Waals surface area contributed by atoms with Crippen molar-refractivity contribution in [2.24, 2.45) is 0 Å². The van der Waals surface area contributed by atoms with Crippen molar-refractivity contribution < 1.29 is 9.59 Å². The molecule has 6 heteroatoms. The van der Waals surface area contributed by atoms with Crippen LogP contribution < -0.4 is 5.32 Å². The minimum atomic E-state index is -0.0194. The fraction of sp³-hybridized carbons (Fsp3) is 0.444. The number of hydrogen-bond acceptors (Lipinski definition) is 4. The summed E-state index contributed by atoms with van der Waals surface area (Å²) >= 11 is 1.56. The molecule has 0 spiro atoms. The summed E-state index contributed by atoms with van der Waals surface area (Å²) in [6.45, 7) is 2.16. The van der Waals surface area contributed by atoms with Gasteiger partial charge in [-0.15, -0.1) is 11.3 Å². The first kappa shape index (κ1) is 16.9. The van der Waals surface area contributed by atoms with Gasteiger partial charge in [-0.05, 0) is 30.0 Å². The van der Waals surface area contributed by atoms with Crippen LogP contribution in [0.1, 0.15) is 27.6 Å². The molecule has 1 atom stereocenters. The van der Waals surface area contributed by atoms with Crippen molar-refractivity contribution in [3.8, 4) is 0 Å². The molecule has 0 aliphatic carbocycles. The topological polar surface area (TPSA) is 52.7 Å². The van der Waals surface area contributed by atoms with Crippen molar-refractivity contribution in [3.63, 3.8) is 0 Å². The van der Waals surface area contributed by atoms with Crippen LogP contribution >= 0.6 is 11.3 Å². The molecule has 2 heterocycles. The van der Waals surface area contributed by atoms with Gasteiger partial charge in [0, 0.05) is 38.3 Å². The number of nitrogens with one attached hydrogen (secondary N) is 1. The lowest BCUT2D eigenvalue weighted by molar-refractivity contribution is -0.129. The number of carbonyl (C=O) groups is 2. The van der Waals surface area contributed by atoms with Crippen LogP contribution in [0.5, 0.6) is 0 Å². The molecule has 0 saturated carbocycles. The van der Waals surface area contributed by atoms with Gasteiger partial charge in [0.25, 0.3) is 5.91 Å². The first-order valence-corrected chi connectivity index (χ1v) is 8.99. The first-order valence-electron chi connectivity index (χ1n) is 8.17. The molecule has 0 radical (unpaired) electrons. The Bertz CT molecular complexity index is 769. The van der Waals surface area contributed by atoms with E-state index in [1.54, 1.807) is 37.4 Å². The maximum Gasteiger partial charge on any atom is 0.261 e. The molecule has 1 aliphatic rings. The summed E-state index contributed by atoms with van der Waals surface area (Å²) in [6, 6.07) is 8.20. The minimum Gasteiger partial charge on any atom is -0.354 e. The summed E-state index contributed by atoms with van der Waals surface area (Å²) in [5.41, 5.74) is 1.15. The van der Waals surface area contributed by atoms with Gasteiger partial charge in [0.15, 0.2) is 0 Å². The van der Waals surface area contributed by atoms with E-state index in [1.807, 2.05) is 12.1 Å². The smallest absolute Gasteiger partial charge is 0.261 e. The molecule has 0 bridgehead atoms. The lowest BCUT2D eigenvalue weighted by Crippen LogP contribution is -2.35. The van der Waals surface area contributed by atoms with E-state index in [0.717, 1.165) is 34.7 Å². The maximum atomic E-state index is 12.3. The van der Waals surface area contributed by atoms with Crippen LogP contribution in [0.25, 0.3) is 10.1 Å². The van der Waals surface area contributed by atoms with Crippen LogP contribution in [0.2, 0.25) is 0 Å². The van der Waals surface area contributed by atoms with Gasteiger partial charge in [-0.3, -0.25) is 14.5 Å². The monoisotopic (exact) mass is 345 g/mol. The van der Waals surface area contributed by atoms with Gasteiger partial charge in [0.05, 0.1) is 11.4 Å². The van der Waals surface area contributed by atoms with Gasteiger partial charge < -0.3 is 10.2 Å². The van der Waals surface area contributed by atoms with E-state index in [1.165, 1.54) is 5.39 Å². The fourth-order valence-electron chi connectivity index (χ4n) is 3.30. The third-order valence-corrected chi connectivity index (χ3v) is 5.79. The Kier molecular flexibility index (Phi) is 4.87. The molecule has 128 valence electrons. The first-order chi connectivity index (χ1) is 11.5. The number of hydrogen-bond donors (Lipinski definition) is 1. The second kappa shape index (κ2) is 6.91. The molecule has 1 fully saturated rings. The Morgan fingerprint density at radius 1 is 1.33 bits per heavy atom. The SMILES string of the molecule is CNC(=O)c1sc2ccccc2c1C1CCN(CC(=O)N(C)C)C1. The molecule has 1 N–H and O–H groups in total. The van der Waals surface area contributed by atoms with Crippen LogP contribution in [0, 0.1) is 0 Å².